The molecule has 0 amide bonds. The Labute approximate surface area is 109 Å². The van der Waals surface area contributed by atoms with E-state index < -0.39 is 0 Å². The summed E-state index contributed by atoms with van der Waals surface area (Å²) < 4.78 is 1.74. The van der Waals surface area contributed by atoms with E-state index in [2.05, 4.69) is 35.2 Å². The van der Waals surface area contributed by atoms with Crippen LogP contribution in [0, 0.1) is 18.3 Å². The maximum absolute atomic E-state index is 9.10. The summed E-state index contributed by atoms with van der Waals surface area (Å²) in [5.41, 5.74) is 1.43. The van der Waals surface area contributed by atoms with Crippen molar-refractivity contribution in [1.29, 1.82) is 5.26 Å². The van der Waals surface area contributed by atoms with E-state index in [1.165, 1.54) is 6.42 Å². The van der Waals surface area contributed by atoms with E-state index in [9.17, 15) is 0 Å². The average molecular weight is 249 g/mol. The zero-order valence-corrected chi connectivity index (χ0v) is 11.8. The minimum absolute atomic E-state index is 0.649. The smallest absolute Gasteiger partial charge is 0.142 e. The summed E-state index contributed by atoms with van der Waals surface area (Å²) in [6, 6.07) is 2.20. The van der Waals surface area contributed by atoms with Gasteiger partial charge in [-0.15, -0.1) is 0 Å². The number of nitriles is 1. The Kier molecular flexibility index (Phi) is 5.66. The molecule has 18 heavy (non-hydrogen) atoms. The Hall–Kier alpha value is -1.54. The molecule has 0 saturated carbocycles. The predicted octanol–water partition coefficient (Wildman–Crippen LogP) is 1.74. The first kappa shape index (κ1) is 14.5. The van der Waals surface area contributed by atoms with Crippen LogP contribution in [-0.4, -0.2) is 40.9 Å². The first-order valence-corrected chi connectivity index (χ1v) is 6.53. The van der Waals surface area contributed by atoms with Crippen LogP contribution < -0.4 is 5.32 Å². The van der Waals surface area contributed by atoms with Gasteiger partial charge in [0.1, 0.15) is 17.5 Å². The standard InChI is InChI=1S/C13H23N5/c1-5-8-18(6-2)9-7-15-13-12(10-14)11(3)16-17(13)4/h15H,5-9H2,1-4H3. The molecule has 0 aromatic carbocycles. The molecule has 100 valence electrons. The first-order valence-electron chi connectivity index (χ1n) is 6.53. The third kappa shape index (κ3) is 3.47. The second kappa shape index (κ2) is 7.02. The van der Waals surface area contributed by atoms with Gasteiger partial charge >= 0.3 is 0 Å². The van der Waals surface area contributed by atoms with Crippen LogP contribution >= 0.6 is 0 Å². The molecule has 0 aliphatic rings. The summed E-state index contributed by atoms with van der Waals surface area (Å²) in [5, 5.41) is 16.7. The van der Waals surface area contributed by atoms with Gasteiger partial charge in [-0.3, -0.25) is 4.68 Å². The molecule has 5 nitrogen and oxygen atoms in total. The number of likely N-dealkylation sites (N-methyl/N-ethyl adjacent to an activating group) is 1. The largest absolute Gasteiger partial charge is 0.368 e. The highest BCUT2D eigenvalue weighted by molar-refractivity contribution is 5.54. The SMILES string of the molecule is CCCN(CC)CCNc1c(C#N)c(C)nn1C. The normalized spacial score (nSPS) is 10.7. The fourth-order valence-corrected chi connectivity index (χ4v) is 2.07. The molecule has 1 heterocycles. The third-order valence-electron chi connectivity index (χ3n) is 3.04. The summed E-state index contributed by atoms with van der Waals surface area (Å²) in [5.74, 6) is 0.822. The minimum atomic E-state index is 0.649. The highest BCUT2D eigenvalue weighted by Crippen LogP contribution is 2.16. The number of hydrogen-bond acceptors (Lipinski definition) is 4. The first-order chi connectivity index (χ1) is 8.63. The van der Waals surface area contributed by atoms with Crippen LogP contribution in [0.5, 0.6) is 0 Å². The molecule has 0 atom stereocenters. The van der Waals surface area contributed by atoms with E-state index in [-0.39, 0.29) is 0 Å². The fourth-order valence-electron chi connectivity index (χ4n) is 2.07. The van der Waals surface area contributed by atoms with Crippen LogP contribution in [0.4, 0.5) is 5.82 Å². The zero-order valence-electron chi connectivity index (χ0n) is 11.8. The highest BCUT2D eigenvalue weighted by atomic mass is 15.3. The lowest BCUT2D eigenvalue weighted by molar-refractivity contribution is 0.300. The molecule has 0 aliphatic carbocycles. The van der Waals surface area contributed by atoms with E-state index in [4.69, 9.17) is 5.26 Å². The van der Waals surface area contributed by atoms with Gasteiger partial charge in [-0.1, -0.05) is 13.8 Å². The van der Waals surface area contributed by atoms with Gasteiger partial charge in [0.25, 0.3) is 0 Å². The molecule has 1 N–H and O–H groups in total. The maximum Gasteiger partial charge on any atom is 0.142 e. The number of hydrogen-bond donors (Lipinski definition) is 1. The second-order valence-electron chi connectivity index (χ2n) is 4.41. The molecular formula is C13H23N5. The number of aromatic nitrogens is 2. The third-order valence-corrected chi connectivity index (χ3v) is 3.04. The Morgan fingerprint density at radius 2 is 2.11 bits per heavy atom. The van der Waals surface area contributed by atoms with Crippen LogP contribution in [0.3, 0.4) is 0 Å². The van der Waals surface area contributed by atoms with E-state index in [1.807, 2.05) is 14.0 Å². The van der Waals surface area contributed by atoms with Crippen molar-refractivity contribution in [1.82, 2.24) is 14.7 Å². The predicted molar refractivity (Wildman–Crippen MR) is 73.6 cm³/mol. The number of rotatable bonds is 7. The van der Waals surface area contributed by atoms with Gasteiger partial charge < -0.3 is 10.2 Å². The fraction of sp³-hybridized carbons (Fsp3) is 0.692. The number of aryl methyl sites for hydroxylation is 2. The van der Waals surface area contributed by atoms with Gasteiger partial charge in [0, 0.05) is 20.1 Å². The summed E-state index contributed by atoms with van der Waals surface area (Å²) >= 11 is 0. The lowest BCUT2D eigenvalue weighted by atomic mass is 10.2. The van der Waals surface area contributed by atoms with Crippen LogP contribution in [0.1, 0.15) is 31.5 Å². The summed E-state index contributed by atoms with van der Waals surface area (Å²) in [6.45, 7) is 10.2. The van der Waals surface area contributed by atoms with Crippen molar-refractivity contribution in [2.45, 2.75) is 27.2 Å². The molecule has 5 heteroatoms. The Balaban J connectivity index is 2.56. The van der Waals surface area contributed by atoms with E-state index in [0.717, 1.165) is 37.7 Å². The van der Waals surface area contributed by atoms with E-state index >= 15 is 0 Å². The van der Waals surface area contributed by atoms with Gasteiger partial charge in [0.2, 0.25) is 0 Å². The molecule has 0 radical (unpaired) electrons. The Morgan fingerprint density at radius 3 is 2.67 bits per heavy atom. The monoisotopic (exact) mass is 249 g/mol. The lowest BCUT2D eigenvalue weighted by Gasteiger charge is -2.19. The van der Waals surface area contributed by atoms with E-state index in [0.29, 0.717) is 5.56 Å². The molecule has 0 bridgehead atoms. The number of anilines is 1. The van der Waals surface area contributed by atoms with Crippen LogP contribution in [0.15, 0.2) is 0 Å². The van der Waals surface area contributed by atoms with Gasteiger partial charge in [0.15, 0.2) is 0 Å². The zero-order chi connectivity index (χ0) is 13.5. The summed E-state index contributed by atoms with van der Waals surface area (Å²) in [4.78, 5) is 2.39. The average Bonchev–Trinajstić information content (AvgIpc) is 2.62. The Morgan fingerprint density at radius 1 is 1.39 bits per heavy atom. The topological polar surface area (TPSA) is 56.9 Å². The van der Waals surface area contributed by atoms with Crippen LogP contribution in [0.25, 0.3) is 0 Å². The van der Waals surface area contributed by atoms with Crippen molar-refractivity contribution in [3.05, 3.63) is 11.3 Å². The van der Waals surface area contributed by atoms with Crippen LogP contribution in [-0.2, 0) is 7.05 Å². The maximum atomic E-state index is 9.10. The minimum Gasteiger partial charge on any atom is -0.368 e. The molecule has 0 saturated heterocycles. The van der Waals surface area contributed by atoms with Crippen molar-refractivity contribution in [2.24, 2.45) is 7.05 Å². The number of nitrogens with zero attached hydrogens (tertiary/aromatic N) is 4. The van der Waals surface area contributed by atoms with Crippen molar-refractivity contribution in [2.75, 3.05) is 31.5 Å². The highest BCUT2D eigenvalue weighted by Gasteiger charge is 2.12. The summed E-state index contributed by atoms with van der Waals surface area (Å²) in [6.07, 6.45) is 1.17. The molecule has 0 aliphatic heterocycles. The molecule has 0 unspecified atom stereocenters. The lowest BCUT2D eigenvalue weighted by Crippen LogP contribution is -2.30. The van der Waals surface area contributed by atoms with Gasteiger partial charge in [-0.2, -0.15) is 10.4 Å². The van der Waals surface area contributed by atoms with Gasteiger partial charge in [0.05, 0.1) is 5.69 Å². The Bertz CT molecular complexity index is 416. The molecular weight excluding hydrogens is 226 g/mol. The second-order valence-corrected chi connectivity index (χ2v) is 4.41. The van der Waals surface area contributed by atoms with Crippen molar-refractivity contribution < 1.29 is 0 Å². The molecule has 1 aromatic rings. The van der Waals surface area contributed by atoms with E-state index in [1.54, 1.807) is 4.68 Å². The van der Waals surface area contributed by atoms with Gasteiger partial charge in [-0.05, 0) is 26.4 Å². The quantitative estimate of drug-likeness (QED) is 0.799. The summed E-state index contributed by atoms with van der Waals surface area (Å²) in [7, 11) is 1.86. The van der Waals surface area contributed by atoms with Crippen molar-refractivity contribution >= 4 is 5.82 Å². The van der Waals surface area contributed by atoms with Crippen molar-refractivity contribution in [3.63, 3.8) is 0 Å². The molecule has 1 rings (SSSR count). The molecule has 0 fully saturated rings. The number of nitrogens with one attached hydrogen (secondary N) is 1. The molecule has 0 spiro atoms. The molecule has 1 aromatic heterocycles. The van der Waals surface area contributed by atoms with Gasteiger partial charge in [-0.25, -0.2) is 0 Å². The van der Waals surface area contributed by atoms with Crippen molar-refractivity contribution in [3.8, 4) is 6.07 Å². The van der Waals surface area contributed by atoms with Crippen LogP contribution in [0.2, 0.25) is 0 Å².